The van der Waals surface area contributed by atoms with Gasteiger partial charge in [0.05, 0.1) is 32.5 Å². The fraction of sp³-hybridized carbons (Fsp3) is 0.250. The second-order valence-electron chi connectivity index (χ2n) is 7.36. The van der Waals surface area contributed by atoms with Gasteiger partial charge in [-0.3, -0.25) is 4.79 Å². The van der Waals surface area contributed by atoms with Crippen molar-refractivity contribution in [2.45, 2.75) is 13.2 Å². The van der Waals surface area contributed by atoms with E-state index in [1.54, 1.807) is 26.4 Å². The minimum atomic E-state index is -1.01. The van der Waals surface area contributed by atoms with Gasteiger partial charge in [0.25, 0.3) is 5.91 Å². The number of para-hydroxylation sites is 1. The molecule has 4 aromatic rings. The van der Waals surface area contributed by atoms with Gasteiger partial charge in [-0.2, -0.15) is 0 Å². The predicted octanol–water partition coefficient (Wildman–Crippen LogP) is 3.49. The molecular formula is C24H25N3O5. The molecule has 166 valence electrons. The number of hydrogen-bond donors (Lipinski definition) is 2. The standard InChI is InChI=1S/C24H25N3O5/c1-13(28)25-24(29)17-12-16-14-8-6-7-9-18(14)27(2)21(16)20(26-17)15-10-11-19(30-3)23(32-5)22(15)31-4/h6-13,28H,1-5H3,(H,25,29). The van der Waals surface area contributed by atoms with E-state index in [0.717, 1.165) is 21.8 Å². The molecule has 1 atom stereocenters. The number of rotatable bonds is 6. The molecule has 2 aromatic heterocycles. The van der Waals surface area contributed by atoms with Gasteiger partial charge in [-0.15, -0.1) is 0 Å². The smallest absolute Gasteiger partial charge is 0.271 e. The molecule has 8 nitrogen and oxygen atoms in total. The number of amides is 1. The number of aliphatic hydroxyl groups is 1. The Morgan fingerprint density at radius 3 is 2.41 bits per heavy atom. The van der Waals surface area contributed by atoms with Crippen LogP contribution in [0.5, 0.6) is 17.2 Å². The summed E-state index contributed by atoms with van der Waals surface area (Å²) in [6.07, 6.45) is -1.01. The van der Waals surface area contributed by atoms with Crippen LogP contribution >= 0.6 is 0 Å². The number of pyridine rings is 1. The molecule has 0 saturated heterocycles. The number of methoxy groups -OCH3 is 3. The molecule has 2 N–H and O–H groups in total. The van der Waals surface area contributed by atoms with E-state index in [2.05, 4.69) is 5.32 Å². The third-order valence-corrected chi connectivity index (χ3v) is 5.42. The van der Waals surface area contributed by atoms with Crippen molar-refractivity contribution < 1.29 is 24.1 Å². The molecule has 0 aliphatic carbocycles. The summed E-state index contributed by atoms with van der Waals surface area (Å²) in [6.45, 7) is 1.48. The van der Waals surface area contributed by atoms with Gasteiger partial charge >= 0.3 is 0 Å². The zero-order chi connectivity index (χ0) is 23.0. The van der Waals surface area contributed by atoms with Crippen LogP contribution in [0, 0.1) is 0 Å². The first-order chi connectivity index (χ1) is 15.4. The highest BCUT2D eigenvalue weighted by Crippen LogP contribution is 2.46. The second kappa shape index (κ2) is 8.39. The van der Waals surface area contributed by atoms with Gasteiger partial charge in [-0.25, -0.2) is 4.98 Å². The Morgan fingerprint density at radius 1 is 1.03 bits per heavy atom. The van der Waals surface area contributed by atoms with Crippen molar-refractivity contribution in [2.75, 3.05) is 21.3 Å². The minimum absolute atomic E-state index is 0.182. The Hall–Kier alpha value is -3.78. The Labute approximate surface area is 185 Å². The maximum Gasteiger partial charge on any atom is 0.271 e. The van der Waals surface area contributed by atoms with Gasteiger partial charge in [0.15, 0.2) is 11.5 Å². The van der Waals surface area contributed by atoms with Gasteiger partial charge in [0, 0.05) is 28.9 Å². The molecule has 4 rings (SSSR count). The molecule has 32 heavy (non-hydrogen) atoms. The monoisotopic (exact) mass is 435 g/mol. The molecule has 0 fully saturated rings. The van der Waals surface area contributed by atoms with E-state index in [9.17, 15) is 9.90 Å². The molecular weight excluding hydrogens is 410 g/mol. The van der Waals surface area contributed by atoms with Crippen molar-refractivity contribution in [1.29, 1.82) is 0 Å². The third-order valence-electron chi connectivity index (χ3n) is 5.42. The average Bonchev–Trinajstić information content (AvgIpc) is 3.09. The number of hydrogen-bond acceptors (Lipinski definition) is 6. The van der Waals surface area contributed by atoms with E-state index in [1.807, 2.05) is 41.9 Å². The number of nitrogens with zero attached hydrogens (tertiary/aromatic N) is 2. The highest BCUT2D eigenvalue weighted by molar-refractivity contribution is 6.14. The topological polar surface area (TPSA) is 94.8 Å². The van der Waals surface area contributed by atoms with Gasteiger partial charge in [-0.05, 0) is 31.2 Å². The molecule has 0 aliphatic heterocycles. The molecule has 1 amide bonds. The first-order valence-corrected chi connectivity index (χ1v) is 10.1. The predicted molar refractivity (Wildman–Crippen MR) is 122 cm³/mol. The zero-order valence-electron chi connectivity index (χ0n) is 18.6. The SMILES string of the molecule is COc1ccc(-c2nc(C(=O)NC(C)O)cc3c4ccccc4n(C)c23)c(OC)c1OC. The van der Waals surface area contributed by atoms with Gasteiger partial charge in [0.2, 0.25) is 5.75 Å². The zero-order valence-corrected chi connectivity index (χ0v) is 18.6. The fourth-order valence-electron chi connectivity index (χ4n) is 4.05. The lowest BCUT2D eigenvalue weighted by molar-refractivity contribution is 0.0814. The lowest BCUT2D eigenvalue weighted by Gasteiger charge is -2.17. The average molecular weight is 435 g/mol. The Morgan fingerprint density at radius 2 is 1.75 bits per heavy atom. The van der Waals surface area contributed by atoms with Crippen LogP contribution in [-0.2, 0) is 7.05 Å². The summed E-state index contributed by atoms with van der Waals surface area (Å²) in [5, 5.41) is 14.0. The molecule has 1 unspecified atom stereocenters. The van der Waals surface area contributed by atoms with Gasteiger partial charge in [0.1, 0.15) is 11.9 Å². The summed E-state index contributed by atoms with van der Waals surface area (Å²) in [5.41, 5.74) is 3.22. The highest BCUT2D eigenvalue weighted by atomic mass is 16.5. The molecule has 0 saturated carbocycles. The Kier molecular flexibility index (Phi) is 5.63. The number of nitrogens with one attached hydrogen (secondary N) is 1. The molecule has 0 spiro atoms. The van der Waals surface area contributed by atoms with E-state index in [-0.39, 0.29) is 5.69 Å². The van der Waals surface area contributed by atoms with Gasteiger partial charge < -0.3 is 29.2 Å². The molecule has 0 bridgehead atoms. The maximum absolute atomic E-state index is 12.8. The lowest BCUT2D eigenvalue weighted by atomic mass is 10.0. The van der Waals surface area contributed by atoms with E-state index in [4.69, 9.17) is 19.2 Å². The highest BCUT2D eigenvalue weighted by Gasteiger charge is 2.24. The minimum Gasteiger partial charge on any atom is -0.493 e. The molecule has 0 radical (unpaired) electrons. The number of aryl methyl sites for hydroxylation is 1. The van der Waals surface area contributed by atoms with Crippen LogP contribution in [0.3, 0.4) is 0 Å². The third kappa shape index (κ3) is 3.38. The van der Waals surface area contributed by atoms with Crippen LogP contribution in [0.2, 0.25) is 0 Å². The van der Waals surface area contributed by atoms with Crippen LogP contribution in [-0.4, -0.2) is 48.1 Å². The quantitative estimate of drug-likeness (QED) is 0.450. The number of fused-ring (bicyclic) bond motifs is 3. The summed E-state index contributed by atoms with van der Waals surface area (Å²) in [7, 11) is 6.59. The van der Waals surface area contributed by atoms with E-state index in [1.165, 1.54) is 14.0 Å². The van der Waals surface area contributed by atoms with Crippen LogP contribution < -0.4 is 19.5 Å². The first kappa shape index (κ1) is 21.5. The van der Waals surface area contributed by atoms with Crippen LogP contribution in [0.15, 0.2) is 42.5 Å². The Balaban J connectivity index is 2.12. The Bertz CT molecular complexity index is 1330. The van der Waals surface area contributed by atoms with Gasteiger partial charge in [-0.1, -0.05) is 18.2 Å². The lowest BCUT2D eigenvalue weighted by Crippen LogP contribution is -2.32. The van der Waals surface area contributed by atoms with Crippen molar-refractivity contribution >= 4 is 27.7 Å². The van der Waals surface area contributed by atoms with Crippen LogP contribution in [0.1, 0.15) is 17.4 Å². The summed E-state index contributed by atoms with van der Waals surface area (Å²) in [4.78, 5) is 17.5. The molecule has 2 aromatic carbocycles. The van der Waals surface area contributed by atoms with Crippen molar-refractivity contribution in [1.82, 2.24) is 14.9 Å². The van der Waals surface area contributed by atoms with Crippen molar-refractivity contribution in [3.8, 4) is 28.5 Å². The number of carbonyl (C=O) groups excluding carboxylic acids is 1. The number of aliphatic hydroxyl groups excluding tert-OH is 1. The summed E-state index contributed by atoms with van der Waals surface area (Å²) in [6, 6.07) is 13.3. The number of ether oxygens (including phenoxy) is 3. The van der Waals surface area contributed by atoms with Crippen molar-refractivity contribution in [3.63, 3.8) is 0 Å². The van der Waals surface area contributed by atoms with E-state index in [0.29, 0.717) is 28.5 Å². The van der Waals surface area contributed by atoms with Crippen molar-refractivity contribution in [3.05, 3.63) is 48.2 Å². The summed E-state index contributed by atoms with van der Waals surface area (Å²) < 4.78 is 18.7. The van der Waals surface area contributed by atoms with Crippen LogP contribution in [0.4, 0.5) is 0 Å². The van der Waals surface area contributed by atoms with Crippen molar-refractivity contribution in [2.24, 2.45) is 7.05 Å². The van der Waals surface area contributed by atoms with E-state index >= 15 is 0 Å². The number of benzene rings is 2. The summed E-state index contributed by atoms with van der Waals surface area (Å²) in [5.74, 6) is 0.916. The molecule has 8 heteroatoms. The van der Waals surface area contributed by atoms with E-state index < -0.39 is 12.1 Å². The fourth-order valence-corrected chi connectivity index (χ4v) is 4.05. The number of carbonyl (C=O) groups is 1. The maximum atomic E-state index is 12.8. The first-order valence-electron chi connectivity index (χ1n) is 10.1. The normalized spacial score (nSPS) is 12.1. The second-order valence-corrected chi connectivity index (χ2v) is 7.36. The summed E-state index contributed by atoms with van der Waals surface area (Å²) >= 11 is 0. The largest absolute Gasteiger partial charge is 0.493 e. The molecule has 0 aliphatic rings. The molecule has 2 heterocycles. The number of aromatic nitrogens is 2. The van der Waals surface area contributed by atoms with Crippen LogP contribution in [0.25, 0.3) is 33.1 Å².